The zero-order valence-electron chi connectivity index (χ0n) is 16.7. The van der Waals surface area contributed by atoms with Gasteiger partial charge in [0.25, 0.3) is 0 Å². The quantitative estimate of drug-likeness (QED) is 0.760. The average molecular weight is 417 g/mol. The van der Waals surface area contributed by atoms with Crippen LogP contribution < -0.4 is 10.6 Å². The van der Waals surface area contributed by atoms with E-state index in [1.807, 2.05) is 6.07 Å². The van der Waals surface area contributed by atoms with Gasteiger partial charge >= 0.3 is 5.97 Å². The Morgan fingerprint density at radius 3 is 2.69 bits per heavy atom. The molecule has 0 radical (unpaired) electrons. The lowest BCUT2D eigenvalue weighted by atomic mass is 9.99. The van der Waals surface area contributed by atoms with Gasteiger partial charge in [-0.3, -0.25) is 0 Å². The number of nitrogen functional groups attached to an aromatic ring is 1. The van der Waals surface area contributed by atoms with E-state index < -0.39 is 15.8 Å². The van der Waals surface area contributed by atoms with Crippen molar-refractivity contribution in [3.05, 3.63) is 35.7 Å². The van der Waals surface area contributed by atoms with Gasteiger partial charge in [-0.25, -0.2) is 13.2 Å². The highest BCUT2D eigenvalue weighted by atomic mass is 32.2. The third-order valence-electron chi connectivity index (χ3n) is 5.16. The first-order valence-electron chi connectivity index (χ1n) is 9.26. The van der Waals surface area contributed by atoms with Gasteiger partial charge in [0.15, 0.2) is 15.5 Å². The van der Waals surface area contributed by atoms with Crippen molar-refractivity contribution < 1.29 is 17.9 Å². The summed E-state index contributed by atoms with van der Waals surface area (Å²) in [6.45, 7) is 3.63. The van der Waals surface area contributed by atoms with Crippen LogP contribution in [-0.4, -0.2) is 45.4 Å². The van der Waals surface area contributed by atoms with Gasteiger partial charge in [-0.2, -0.15) is 5.26 Å². The molecule has 1 aliphatic rings. The van der Waals surface area contributed by atoms with E-state index in [-0.39, 0.29) is 21.8 Å². The Bertz CT molecular complexity index is 1100. The van der Waals surface area contributed by atoms with Gasteiger partial charge in [0.05, 0.1) is 28.9 Å². The Morgan fingerprint density at radius 1 is 1.38 bits per heavy atom. The van der Waals surface area contributed by atoms with Gasteiger partial charge in [-0.1, -0.05) is 6.92 Å². The summed E-state index contributed by atoms with van der Waals surface area (Å²) in [5, 5.41) is 9.31. The molecule has 2 heterocycles. The summed E-state index contributed by atoms with van der Waals surface area (Å²) in [4.78, 5) is 14.6. The topological polar surface area (TPSA) is 118 Å². The lowest BCUT2D eigenvalue weighted by Crippen LogP contribution is -2.35. The number of carbonyl (C=O) groups is 1. The molecule has 1 fully saturated rings. The number of piperidine rings is 1. The summed E-state index contributed by atoms with van der Waals surface area (Å²) >= 11 is 0. The van der Waals surface area contributed by atoms with Gasteiger partial charge in [0.1, 0.15) is 6.07 Å². The molecule has 1 aromatic heterocycles. The maximum absolute atomic E-state index is 12.4. The number of nitrogens with two attached hydrogens (primary N) is 1. The number of anilines is 2. The van der Waals surface area contributed by atoms with E-state index in [0.717, 1.165) is 25.9 Å². The van der Waals surface area contributed by atoms with Crippen LogP contribution in [-0.2, 0) is 14.6 Å². The number of sulfone groups is 1. The molecule has 0 aliphatic carbocycles. The van der Waals surface area contributed by atoms with Crippen LogP contribution in [0.4, 0.5) is 11.4 Å². The fourth-order valence-corrected chi connectivity index (χ4v) is 4.63. The summed E-state index contributed by atoms with van der Waals surface area (Å²) in [6.07, 6.45) is 4.70. The van der Waals surface area contributed by atoms with Gasteiger partial charge in [-0.05, 0) is 37.0 Å². The summed E-state index contributed by atoms with van der Waals surface area (Å²) in [7, 11) is -2.22. The zero-order chi connectivity index (χ0) is 21.3. The highest BCUT2D eigenvalue weighted by Crippen LogP contribution is 2.33. The number of methoxy groups -OCH3 is 1. The minimum absolute atomic E-state index is 0.0275. The van der Waals surface area contributed by atoms with Crippen molar-refractivity contribution in [1.82, 2.24) is 4.57 Å². The van der Waals surface area contributed by atoms with Crippen LogP contribution in [0.1, 0.15) is 35.8 Å². The molecule has 3 rings (SSSR count). The SMILES string of the molecule is COC(=O)c1c(N)c(C#N)cn1-c1ccc(S(C)(=O)=O)c(N2CCCC(C)C2)c1. The predicted molar refractivity (Wildman–Crippen MR) is 110 cm³/mol. The summed E-state index contributed by atoms with van der Waals surface area (Å²) in [5.41, 5.74) is 7.29. The molecule has 1 atom stereocenters. The molecule has 0 amide bonds. The Balaban J connectivity index is 2.22. The van der Waals surface area contributed by atoms with Crippen molar-refractivity contribution in [2.24, 2.45) is 5.92 Å². The number of hydrogen-bond acceptors (Lipinski definition) is 7. The maximum Gasteiger partial charge on any atom is 0.357 e. The molecule has 0 spiro atoms. The van der Waals surface area contributed by atoms with Crippen LogP contribution >= 0.6 is 0 Å². The van der Waals surface area contributed by atoms with E-state index in [1.165, 1.54) is 30.2 Å². The zero-order valence-corrected chi connectivity index (χ0v) is 17.5. The maximum atomic E-state index is 12.4. The molecule has 1 aromatic carbocycles. The van der Waals surface area contributed by atoms with E-state index in [9.17, 15) is 18.5 Å². The number of nitriles is 1. The molecule has 2 aromatic rings. The Labute approximate surface area is 170 Å². The second-order valence-electron chi connectivity index (χ2n) is 7.40. The summed E-state index contributed by atoms with van der Waals surface area (Å²) in [6, 6.07) is 6.82. The largest absolute Gasteiger partial charge is 0.464 e. The number of carbonyl (C=O) groups excluding carboxylic acids is 1. The number of hydrogen-bond donors (Lipinski definition) is 1. The Kier molecular flexibility index (Phi) is 5.57. The molecule has 154 valence electrons. The molecular weight excluding hydrogens is 392 g/mol. The number of aromatic nitrogens is 1. The molecule has 1 unspecified atom stereocenters. The van der Waals surface area contributed by atoms with E-state index in [4.69, 9.17) is 10.5 Å². The first-order chi connectivity index (χ1) is 13.7. The molecular formula is C20H24N4O4S. The summed E-state index contributed by atoms with van der Waals surface area (Å²) < 4.78 is 31.1. The molecule has 29 heavy (non-hydrogen) atoms. The third-order valence-corrected chi connectivity index (χ3v) is 6.31. The standard InChI is InChI=1S/C20H24N4O4S/c1-13-5-4-8-23(11-13)16-9-15(6-7-17(16)29(3,26)27)24-12-14(10-21)18(22)19(24)20(25)28-2/h6-7,9,12-13H,4-5,8,11,22H2,1-3H3. The first kappa shape index (κ1) is 20.7. The molecule has 8 nitrogen and oxygen atoms in total. The van der Waals surface area contributed by atoms with E-state index in [0.29, 0.717) is 17.3 Å². The minimum atomic E-state index is -3.46. The highest BCUT2D eigenvalue weighted by molar-refractivity contribution is 7.90. The van der Waals surface area contributed by atoms with Crippen molar-refractivity contribution in [2.75, 3.05) is 37.1 Å². The number of rotatable bonds is 4. The fraction of sp³-hybridized carbons (Fsp3) is 0.400. The van der Waals surface area contributed by atoms with Crippen LogP contribution in [0.5, 0.6) is 0 Å². The number of ether oxygens (including phenoxy) is 1. The number of esters is 1. The van der Waals surface area contributed by atoms with Crippen molar-refractivity contribution >= 4 is 27.2 Å². The molecule has 0 saturated carbocycles. The van der Waals surface area contributed by atoms with Gasteiger partial charge in [0.2, 0.25) is 0 Å². The Morgan fingerprint density at radius 2 is 2.10 bits per heavy atom. The molecule has 2 N–H and O–H groups in total. The van der Waals surface area contributed by atoms with E-state index in [1.54, 1.807) is 12.1 Å². The lowest BCUT2D eigenvalue weighted by Gasteiger charge is -2.34. The lowest BCUT2D eigenvalue weighted by molar-refractivity contribution is 0.0593. The van der Waals surface area contributed by atoms with Gasteiger partial charge in [0, 0.05) is 31.2 Å². The Hall–Kier alpha value is -2.99. The first-order valence-corrected chi connectivity index (χ1v) is 11.1. The van der Waals surface area contributed by atoms with Crippen LogP contribution in [0.15, 0.2) is 29.3 Å². The normalized spacial score (nSPS) is 17.0. The second kappa shape index (κ2) is 7.79. The van der Waals surface area contributed by atoms with E-state index >= 15 is 0 Å². The van der Waals surface area contributed by atoms with Gasteiger partial charge < -0.3 is 19.9 Å². The average Bonchev–Trinajstić information content (AvgIpc) is 3.02. The second-order valence-corrected chi connectivity index (χ2v) is 9.38. The molecule has 1 saturated heterocycles. The van der Waals surface area contributed by atoms with Crippen LogP contribution in [0.25, 0.3) is 5.69 Å². The van der Waals surface area contributed by atoms with E-state index in [2.05, 4.69) is 11.8 Å². The highest BCUT2D eigenvalue weighted by Gasteiger charge is 2.26. The van der Waals surface area contributed by atoms with Crippen molar-refractivity contribution in [2.45, 2.75) is 24.7 Å². The number of nitrogens with zero attached hydrogens (tertiary/aromatic N) is 3. The third kappa shape index (κ3) is 3.93. The monoisotopic (exact) mass is 416 g/mol. The molecule has 9 heteroatoms. The summed E-state index contributed by atoms with van der Waals surface area (Å²) in [5.74, 6) is -0.234. The smallest absolute Gasteiger partial charge is 0.357 e. The van der Waals surface area contributed by atoms with Crippen molar-refractivity contribution in [3.8, 4) is 11.8 Å². The van der Waals surface area contributed by atoms with Crippen molar-refractivity contribution in [1.29, 1.82) is 5.26 Å². The van der Waals surface area contributed by atoms with Crippen LogP contribution in [0.3, 0.4) is 0 Å². The van der Waals surface area contributed by atoms with Crippen LogP contribution in [0, 0.1) is 17.2 Å². The van der Waals surface area contributed by atoms with Crippen molar-refractivity contribution in [3.63, 3.8) is 0 Å². The van der Waals surface area contributed by atoms with Gasteiger partial charge in [-0.15, -0.1) is 0 Å². The predicted octanol–water partition coefficient (Wildman–Crippen LogP) is 2.36. The number of benzene rings is 1. The molecule has 1 aliphatic heterocycles. The van der Waals surface area contributed by atoms with Crippen LogP contribution in [0.2, 0.25) is 0 Å². The molecule has 0 bridgehead atoms. The fourth-order valence-electron chi connectivity index (χ4n) is 3.74. The minimum Gasteiger partial charge on any atom is -0.464 e.